The van der Waals surface area contributed by atoms with Gasteiger partial charge in [-0.25, -0.2) is 21.9 Å². The molecule has 0 aliphatic carbocycles. The first-order chi connectivity index (χ1) is 10.9. The smallest absolute Gasteiger partial charge is 0.240 e. The lowest BCUT2D eigenvalue weighted by Gasteiger charge is -2.09. The van der Waals surface area contributed by atoms with Gasteiger partial charge in [-0.15, -0.1) is 0 Å². The molecule has 23 heavy (non-hydrogen) atoms. The van der Waals surface area contributed by atoms with E-state index in [1.54, 1.807) is 0 Å². The number of nitrogens with one attached hydrogen (secondary N) is 1. The highest BCUT2D eigenvalue weighted by molar-refractivity contribution is 7.89. The lowest BCUT2D eigenvalue weighted by atomic mass is 10.2. The molecular weight excluding hydrogens is 324 g/mol. The van der Waals surface area contributed by atoms with Crippen molar-refractivity contribution in [2.24, 2.45) is 0 Å². The molecule has 2 aromatic rings. The lowest BCUT2D eigenvalue weighted by Crippen LogP contribution is -2.26. The Hall–Kier alpha value is -1.99. The van der Waals surface area contributed by atoms with E-state index in [-0.39, 0.29) is 6.54 Å². The van der Waals surface area contributed by atoms with Crippen LogP contribution in [0.2, 0.25) is 0 Å². The molecule has 7 heteroatoms. The molecular formula is C16H17F2NO3S. The Morgan fingerprint density at radius 1 is 1.09 bits per heavy atom. The molecule has 0 spiro atoms. The molecule has 0 heterocycles. The standard InChI is InChI=1S/C16H17F2NO3S/c1-12-4-2-5-15(8-12)22-7-3-6-19-23(20,21)16-10-13(17)9-14(18)11-16/h2,4-5,8-11,19H,3,6-7H2,1H3. The topological polar surface area (TPSA) is 55.4 Å². The third-order valence-corrected chi connectivity index (χ3v) is 4.46. The summed E-state index contributed by atoms with van der Waals surface area (Å²) in [4.78, 5) is -0.436. The molecule has 0 aromatic heterocycles. The molecule has 0 saturated heterocycles. The summed E-state index contributed by atoms with van der Waals surface area (Å²) < 4.78 is 57.8. The first kappa shape index (κ1) is 17.4. The van der Waals surface area contributed by atoms with Crippen LogP contribution < -0.4 is 9.46 Å². The second-order valence-electron chi connectivity index (χ2n) is 5.02. The fourth-order valence-corrected chi connectivity index (χ4v) is 3.06. The van der Waals surface area contributed by atoms with Gasteiger partial charge in [0.25, 0.3) is 0 Å². The van der Waals surface area contributed by atoms with Gasteiger partial charge in [0, 0.05) is 12.6 Å². The maximum Gasteiger partial charge on any atom is 0.240 e. The SMILES string of the molecule is Cc1cccc(OCCCNS(=O)(=O)c2cc(F)cc(F)c2)c1. The molecule has 2 aromatic carbocycles. The summed E-state index contributed by atoms with van der Waals surface area (Å²) in [6.07, 6.45) is 0.422. The molecule has 0 saturated carbocycles. The number of rotatable bonds is 7. The van der Waals surface area contributed by atoms with Crippen LogP contribution in [0.3, 0.4) is 0 Å². The molecule has 1 N–H and O–H groups in total. The zero-order chi connectivity index (χ0) is 16.9. The number of aryl methyl sites for hydroxylation is 1. The van der Waals surface area contributed by atoms with Crippen molar-refractivity contribution in [1.82, 2.24) is 4.72 Å². The van der Waals surface area contributed by atoms with Crippen LogP contribution in [0, 0.1) is 18.6 Å². The Kier molecular flexibility index (Phi) is 5.68. The summed E-state index contributed by atoms with van der Waals surface area (Å²) in [5.41, 5.74) is 1.07. The minimum absolute atomic E-state index is 0.103. The van der Waals surface area contributed by atoms with Crippen molar-refractivity contribution < 1.29 is 21.9 Å². The number of sulfonamides is 1. The third-order valence-electron chi connectivity index (χ3n) is 3.02. The second-order valence-corrected chi connectivity index (χ2v) is 6.79. The average molecular weight is 341 g/mol. The van der Waals surface area contributed by atoms with Crippen molar-refractivity contribution in [3.63, 3.8) is 0 Å². The highest BCUT2D eigenvalue weighted by Gasteiger charge is 2.15. The van der Waals surface area contributed by atoms with Gasteiger partial charge in [-0.1, -0.05) is 12.1 Å². The Morgan fingerprint density at radius 3 is 2.43 bits per heavy atom. The Morgan fingerprint density at radius 2 is 1.78 bits per heavy atom. The van der Waals surface area contributed by atoms with Crippen molar-refractivity contribution in [1.29, 1.82) is 0 Å². The number of halogens is 2. The molecule has 0 aliphatic heterocycles. The first-order valence-electron chi connectivity index (χ1n) is 7.02. The largest absolute Gasteiger partial charge is 0.494 e. The van der Waals surface area contributed by atoms with Crippen LogP contribution in [0.25, 0.3) is 0 Å². The van der Waals surface area contributed by atoms with E-state index in [9.17, 15) is 17.2 Å². The van der Waals surface area contributed by atoms with Crippen LogP contribution in [-0.2, 0) is 10.0 Å². The third kappa shape index (κ3) is 5.30. The fraction of sp³-hybridized carbons (Fsp3) is 0.250. The molecule has 0 amide bonds. The van der Waals surface area contributed by atoms with E-state index in [1.165, 1.54) is 0 Å². The molecule has 0 bridgehead atoms. The van der Waals surface area contributed by atoms with Gasteiger partial charge in [-0.2, -0.15) is 0 Å². The molecule has 0 radical (unpaired) electrons. The van der Waals surface area contributed by atoms with E-state index >= 15 is 0 Å². The van der Waals surface area contributed by atoms with Crippen molar-refractivity contribution in [2.45, 2.75) is 18.2 Å². The van der Waals surface area contributed by atoms with Gasteiger partial charge in [0.15, 0.2) is 0 Å². The van der Waals surface area contributed by atoms with Gasteiger partial charge in [0.1, 0.15) is 17.4 Å². The van der Waals surface area contributed by atoms with Gasteiger partial charge in [0.2, 0.25) is 10.0 Å². The van der Waals surface area contributed by atoms with Crippen LogP contribution in [-0.4, -0.2) is 21.6 Å². The van der Waals surface area contributed by atoms with Crippen LogP contribution in [0.15, 0.2) is 47.4 Å². The molecule has 2 rings (SSSR count). The van der Waals surface area contributed by atoms with E-state index < -0.39 is 26.6 Å². The van der Waals surface area contributed by atoms with E-state index in [0.29, 0.717) is 24.8 Å². The highest BCUT2D eigenvalue weighted by Crippen LogP contribution is 2.14. The maximum absolute atomic E-state index is 13.1. The summed E-state index contributed by atoms with van der Waals surface area (Å²) >= 11 is 0. The summed E-state index contributed by atoms with van der Waals surface area (Å²) in [6.45, 7) is 2.37. The Bertz CT molecular complexity index is 758. The zero-order valence-electron chi connectivity index (χ0n) is 12.6. The van der Waals surface area contributed by atoms with Gasteiger partial charge >= 0.3 is 0 Å². The maximum atomic E-state index is 13.1. The molecule has 0 atom stereocenters. The number of ether oxygens (including phenoxy) is 1. The highest BCUT2D eigenvalue weighted by atomic mass is 32.2. The molecule has 124 valence electrons. The minimum atomic E-state index is -3.94. The molecule has 0 aliphatic rings. The van der Waals surface area contributed by atoms with Crippen LogP contribution in [0.4, 0.5) is 8.78 Å². The zero-order valence-corrected chi connectivity index (χ0v) is 13.4. The van der Waals surface area contributed by atoms with Crippen LogP contribution >= 0.6 is 0 Å². The first-order valence-corrected chi connectivity index (χ1v) is 8.50. The number of benzene rings is 2. The van der Waals surface area contributed by atoms with Crippen molar-refractivity contribution in [3.05, 3.63) is 59.7 Å². The second kappa shape index (κ2) is 7.52. The number of hydrogen-bond donors (Lipinski definition) is 1. The monoisotopic (exact) mass is 341 g/mol. The van der Waals surface area contributed by atoms with Crippen molar-refractivity contribution in [2.75, 3.05) is 13.2 Å². The Labute approximate surface area is 134 Å². The van der Waals surface area contributed by atoms with Gasteiger partial charge in [-0.05, 0) is 43.2 Å². The van der Waals surface area contributed by atoms with E-state index in [4.69, 9.17) is 4.74 Å². The quantitative estimate of drug-likeness (QED) is 0.788. The minimum Gasteiger partial charge on any atom is -0.494 e. The van der Waals surface area contributed by atoms with E-state index in [2.05, 4.69) is 4.72 Å². The molecule has 0 unspecified atom stereocenters. The van der Waals surface area contributed by atoms with E-state index in [0.717, 1.165) is 17.7 Å². The van der Waals surface area contributed by atoms with Gasteiger partial charge < -0.3 is 4.74 Å². The fourth-order valence-electron chi connectivity index (χ4n) is 1.94. The summed E-state index contributed by atoms with van der Waals surface area (Å²) in [7, 11) is -3.94. The molecule has 4 nitrogen and oxygen atoms in total. The summed E-state index contributed by atoms with van der Waals surface area (Å²) in [5, 5.41) is 0. The van der Waals surface area contributed by atoms with Crippen LogP contribution in [0.5, 0.6) is 5.75 Å². The van der Waals surface area contributed by atoms with Gasteiger partial charge in [0.05, 0.1) is 11.5 Å². The number of hydrogen-bond acceptors (Lipinski definition) is 3. The lowest BCUT2D eigenvalue weighted by molar-refractivity contribution is 0.311. The average Bonchev–Trinajstić information content (AvgIpc) is 2.46. The Balaban J connectivity index is 1.83. The van der Waals surface area contributed by atoms with E-state index in [1.807, 2.05) is 31.2 Å². The predicted octanol–water partition coefficient (Wildman–Crippen LogP) is 3.02. The molecule has 0 fully saturated rings. The van der Waals surface area contributed by atoms with Crippen molar-refractivity contribution in [3.8, 4) is 5.75 Å². The van der Waals surface area contributed by atoms with Gasteiger partial charge in [-0.3, -0.25) is 0 Å². The summed E-state index contributed by atoms with van der Waals surface area (Å²) in [5.74, 6) is -1.17. The van der Waals surface area contributed by atoms with Crippen molar-refractivity contribution >= 4 is 10.0 Å². The summed E-state index contributed by atoms with van der Waals surface area (Å²) in [6, 6.07) is 9.66. The predicted molar refractivity (Wildman–Crippen MR) is 82.8 cm³/mol. The van der Waals surface area contributed by atoms with Crippen LogP contribution in [0.1, 0.15) is 12.0 Å². The normalized spacial score (nSPS) is 11.4.